The molecule has 0 unspecified atom stereocenters. The van der Waals surface area contributed by atoms with Gasteiger partial charge in [-0.2, -0.15) is 0 Å². The van der Waals surface area contributed by atoms with E-state index < -0.39 is 0 Å². The van der Waals surface area contributed by atoms with Gasteiger partial charge in [-0.1, -0.05) is 30.3 Å². The van der Waals surface area contributed by atoms with Gasteiger partial charge in [-0.05, 0) is 13.3 Å². The lowest BCUT2D eigenvalue weighted by atomic mass is 10.3. The van der Waals surface area contributed by atoms with E-state index in [2.05, 4.69) is 16.9 Å². The Morgan fingerprint density at radius 3 is 2.88 bits per heavy atom. The normalized spacial score (nSPS) is 10.3. The van der Waals surface area contributed by atoms with Crippen molar-refractivity contribution in [2.75, 3.05) is 12.4 Å². The van der Waals surface area contributed by atoms with E-state index in [-0.39, 0.29) is 11.7 Å². The third-order valence-electron chi connectivity index (χ3n) is 1.83. The minimum Gasteiger partial charge on any atom is -0.465 e. The number of aromatic nitrogens is 2. The number of thioether (sulfide) groups is 1. The maximum absolute atomic E-state index is 11.2. The second-order valence-electron chi connectivity index (χ2n) is 3.29. The molecule has 1 rings (SSSR count). The van der Waals surface area contributed by atoms with Gasteiger partial charge in [-0.3, -0.25) is 4.79 Å². The van der Waals surface area contributed by atoms with E-state index >= 15 is 0 Å². The Balaban J connectivity index is 2.61. The van der Waals surface area contributed by atoms with Gasteiger partial charge in [0, 0.05) is 12.5 Å². The highest BCUT2D eigenvalue weighted by Crippen LogP contribution is 2.19. The Morgan fingerprint density at radius 2 is 2.24 bits per heavy atom. The molecule has 1 heterocycles. The van der Waals surface area contributed by atoms with Crippen molar-refractivity contribution in [3.05, 3.63) is 17.0 Å². The number of halogens is 1. The van der Waals surface area contributed by atoms with Crippen molar-refractivity contribution in [1.29, 1.82) is 0 Å². The first kappa shape index (κ1) is 14.3. The largest absolute Gasteiger partial charge is 0.465 e. The van der Waals surface area contributed by atoms with Crippen LogP contribution in [0.25, 0.3) is 0 Å². The molecule has 17 heavy (non-hydrogen) atoms. The first-order chi connectivity index (χ1) is 8.15. The maximum Gasteiger partial charge on any atom is 0.316 e. The molecule has 0 saturated heterocycles. The van der Waals surface area contributed by atoms with Gasteiger partial charge < -0.3 is 4.74 Å². The number of hydrogen-bond acceptors (Lipinski definition) is 5. The lowest BCUT2D eigenvalue weighted by Gasteiger charge is -2.04. The molecule has 0 N–H and O–H groups in total. The van der Waals surface area contributed by atoms with E-state index in [1.54, 1.807) is 13.0 Å². The summed E-state index contributed by atoms with van der Waals surface area (Å²) in [5, 5.41) is 1.12. The van der Waals surface area contributed by atoms with Crippen molar-refractivity contribution in [2.45, 2.75) is 31.7 Å². The van der Waals surface area contributed by atoms with Crippen LogP contribution in [0.3, 0.4) is 0 Å². The molecule has 0 amide bonds. The molecule has 0 aliphatic heterocycles. The predicted molar refractivity (Wildman–Crippen MR) is 68.4 cm³/mol. The van der Waals surface area contributed by atoms with Gasteiger partial charge in [-0.25, -0.2) is 9.97 Å². The van der Waals surface area contributed by atoms with Crippen LogP contribution in [0, 0.1) is 0 Å². The Bertz CT molecular complexity index is 388. The zero-order valence-electron chi connectivity index (χ0n) is 9.90. The van der Waals surface area contributed by atoms with E-state index in [9.17, 15) is 4.79 Å². The molecule has 0 atom stereocenters. The summed E-state index contributed by atoms with van der Waals surface area (Å²) in [7, 11) is 0. The Morgan fingerprint density at radius 1 is 1.47 bits per heavy atom. The summed E-state index contributed by atoms with van der Waals surface area (Å²) in [6.07, 6.45) is 1.75. The Hall–Kier alpha value is -0.810. The minimum atomic E-state index is -0.246. The third-order valence-corrected chi connectivity index (χ3v) is 2.91. The van der Waals surface area contributed by atoms with Gasteiger partial charge >= 0.3 is 5.97 Å². The summed E-state index contributed by atoms with van der Waals surface area (Å²) >= 11 is 7.19. The first-order valence-electron chi connectivity index (χ1n) is 5.47. The van der Waals surface area contributed by atoms with Crippen LogP contribution in [-0.2, 0) is 16.0 Å². The number of hydrogen-bond donors (Lipinski definition) is 0. The molecule has 1 aromatic rings. The van der Waals surface area contributed by atoms with Gasteiger partial charge in [-0.15, -0.1) is 0 Å². The molecule has 0 bridgehead atoms. The molecule has 0 spiro atoms. The highest BCUT2D eigenvalue weighted by atomic mass is 35.5. The topological polar surface area (TPSA) is 52.1 Å². The molecule has 6 heteroatoms. The predicted octanol–water partition coefficient (Wildman–Crippen LogP) is 2.74. The summed E-state index contributed by atoms with van der Waals surface area (Å²) in [4.78, 5) is 19.6. The van der Waals surface area contributed by atoms with Crippen molar-refractivity contribution in [2.24, 2.45) is 0 Å². The van der Waals surface area contributed by atoms with Gasteiger partial charge in [0.1, 0.15) is 16.0 Å². The van der Waals surface area contributed by atoms with E-state index in [0.717, 1.165) is 12.8 Å². The van der Waals surface area contributed by atoms with Crippen LogP contribution < -0.4 is 0 Å². The van der Waals surface area contributed by atoms with Crippen LogP contribution in [0.2, 0.25) is 5.15 Å². The fourth-order valence-corrected chi connectivity index (χ4v) is 2.17. The van der Waals surface area contributed by atoms with Crippen molar-refractivity contribution >= 4 is 29.3 Å². The molecule has 0 fully saturated rings. The summed E-state index contributed by atoms with van der Waals surface area (Å²) < 4.78 is 4.84. The second-order valence-corrected chi connectivity index (χ2v) is 4.67. The number of ether oxygens (including phenoxy) is 1. The van der Waals surface area contributed by atoms with Crippen LogP contribution >= 0.6 is 23.4 Å². The molecule has 0 aliphatic rings. The van der Waals surface area contributed by atoms with E-state index in [0.29, 0.717) is 22.6 Å². The lowest BCUT2D eigenvalue weighted by Crippen LogP contribution is -2.07. The van der Waals surface area contributed by atoms with Crippen LogP contribution in [0.15, 0.2) is 11.1 Å². The van der Waals surface area contributed by atoms with Gasteiger partial charge in [0.2, 0.25) is 0 Å². The standard InChI is InChI=1S/C11H15ClN2O2S/c1-3-5-9-13-8(12)6-10(14-9)17-7-11(15)16-4-2/h6H,3-5,7H2,1-2H3. The molecule has 94 valence electrons. The second kappa shape index (κ2) is 7.50. The van der Waals surface area contributed by atoms with Crippen LogP contribution in [0.1, 0.15) is 26.1 Å². The van der Waals surface area contributed by atoms with Crippen molar-refractivity contribution in [3.8, 4) is 0 Å². The number of carbonyl (C=O) groups is 1. The monoisotopic (exact) mass is 274 g/mol. The van der Waals surface area contributed by atoms with E-state index in [1.807, 2.05) is 0 Å². The SMILES string of the molecule is CCCc1nc(Cl)cc(SCC(=O)OCC)n1. The average molecular weight is 275 g/mol. The Labute approximate surface area is 110 Å². The highest BCUT2D eigenvalue weighted by molar-refractivity contribution is 7.99. The van der Waals surface area contributed by atoms with E-state index in [1.165, 1.54) is 11.8 Å². The molecular weight excluding hydrogens is 260 g/mol. The zero-order valence-corrected chi connectivity index (χ0v) is 11.5. The van der Waals surface area contributed by atoms with Gasteiger partial charge in [0.05, 0.1) is 12.4 Å². The number of aryl methyl sites for hydroxylation is 1. The molecule has 0 aliphatic carbocycles. The minimum absolute atomic E-state index is 0.243. The average Bonchev–Trinajstić information content (AvgIpc) is 2.26. The smallest absolute Gasteiger partial charge is 0.316 e. The number of esters is 1. The van der Waals surface area contributed by atoms with Crippen molar-refractivity contribution in [1.82, 2.24) is 9.97 Å². The zero-order chi connectivity index (χ0) is 12.7. The van der Waals surface area contributed by atoms with Crippen LogP contribution in [0.5, 0.6) is 0 Å². The van der Waals surface area contributed by atoms with Gasteiger partial charge in [0.25, 0.3) is 0 Å². The van der Waals surface area contributed by atoms with Crippen molar-refractivity contribution < 1.29 is 9.53 Å². The van der Waals surface area contributed by atoms with Gasteiger partial charge in [0.15, 0.2) is 0 Å². The molecule has 1 aromatic heterocycles. The van der Waals surface area contributed by atoms with E-state index in [4.69, 9.17) is 16.3 Å². The fourth-order valence-electron chi connectivity index (χ4n) is 1.19. The van der Waals surface area contributed by atoms with Crippen LogP contribution in [0.4, 0.5) is 0 Å². The summed E-state index contributed by atoms with van der Waals surface area (Å²) in [6.45, 7) is 4.23. The summed E-state index contributed by atoms with van der Waals surface area (Å²) in [5.74, 6) is 0.711. The fraction of sp³-hybridized carbons (Fsp3) is 0.545. The quantitative estimate of drug-likeness (QED) is 0.454. The summed E-state index contributed by atoms with van der Waals surface area (Å²) in [6, 6.07) is 1.66. The number of rotatable bonds is 6. The molecule has 4 nitrogen and oxygen atoms in total. The number of carbonyl (C=O) groups excluding carboxylic acids is 1. The Kier molecular flexibility index (Phi) is 6.29. The highest BCUT2D eigenvalue weighted by Gasteiger charge is 2.07. The maximum atomic E-state index is 11.2. The molecule has 0 radical (unpaired) electrons. The lowest BCUT2D eigenvalue weighted by molar-refractivity contribution is -0.139. The number of nitrogens with zero attached hydrogens (tertiary/aromatic N) is 2. The summed E-state index contributed by atoms with van der Waals surface area (Å²) in [5.41, 5.74) is 0. The third kappa shape index (κ3) is 5.37. The molecule has 0 saturated carbocycles. The first-order valence-corrected chi connectivity index (χ1v) is 6.84. The van der Waals surface area contributed by atoms with Crippen LogP contribution in [-0.4, -0.2) is 28.3 Å². The molecule has 0 aromatic carbocycles. The van der Waals surface area contributed by atoms with Crippen molar-refractivity contribution in [3.63, 3.8) is 0 Å². The molecular formula is C11H15ClN2O2S.